The van der Waals surface area contributed by atoms with Gasteiger partial charge in [0.2, 0.25) is 0 Å². The van der Waals surface area contributed by atoms with Gasteiger partial charge in [-0.1, -0.05) is 42.6 Å². The van der Waals surface area contributed by atoms with Crippen LogP contribution in [-0.2, 0) is 0 Å². The highest BCUT2D eigenvalue weighted by molar-refractivity contribution is 6.35. The van der Waals surface area contributed by atoms with Crippen LogP contribution in [0.1, 0.15) is 25.3 Å². The molecule has 2 aromatic rings. The number of rotatable bonds is 4. The normalized spacial score (nSPS) is 11.8. The molecule has 3 nitrogen and oxygen atoms in total. The van der Waals surface area contributed by atoms with Crippen LogP contribution >= 0.6 is 23.2 Å². The Hall–Kier alpha value is -1.32. The molecule has 18 heavy (non-hydrogen) atoms. The molecular weight excluding hydrogens is 269 g/mol. The molecule has 94 valence electrons. The minimum atomic E-state index is 0.639. The van der Waals surface area contributed by atoms with Gasteiger partial charge in [0.25, 0.3) is 0 Å². The summed E-state index contributed by atoms with van der Waals surface area (Å²) in [6.45, 7) is 2.12. The lowest BCUT2D eigenvalue weighted by molar-refractivity contribution is 0.919. The fourth-order valence-electron chi connectivity index (χ4n) is 1.73. The molecule has 0 aliphatic rings. The number of halogens is 2. The van der Waals surface area contributed by atoms with Gasteiger partial charge in [0.05, 0.1) is 0 Å². The van der Waals surface area contributed by atoms with E-state index in [0.717, 1.165) is 24.0 Å². The molecule has 0 aliphatic carbocycles. The average Bonchev–Trinajstić information content (AvgIpc) is 2.81. The molecule has 0 aliphatic heterocycles. The summed E-state index contributed by atoms with van der Waals surface area (Å²) in [7, 11) is 0. The van der Waals surface area contributed by atoms with E-state index in [1.165, 1.54) is 6.33 Å². The first-order valence-electron chi connectivity index (χ1n) is 5.71. The highest BCUT2D eigenvalue weighted by Gasteiger charge is 2.07. The van der Waals surface area contributed by atoms with E-state index < -0.39 is 0 Å². The van der Waals surface area contributed by atoms with Crippen LogP contribution in [0.5, 0.6) is 0 Å². The molecule has 0 atom stereocenters. The molecule has 1 aromatic heterocycles. The quantitative estimate of drug-likeness (QED) is 0.833. The smallest absolute Gasteiger partial charge is 0.138 e. The lowest BCUT2D eigenvalue weighted by Crippen LogP contribution is -1.92. The molecule has 0 bridgehead atoms. The molecule has 0 spiro atoms. The highest BCUT2D eigenvalue weighted by atomic mass is 35.5. The van der Waals surface area contributed by atoms with Gasteiger partial charge in [0.1, 0.15) is 12.7 Å². The van der Waals surface area contributed by atoms with E-state index in [1.807, 2.05) is 18.3 Å². The van der Waals surface area contributed by atoms with E-state index in [4.69, 9.17) is 23.2 Å². The Labute approximate surface area is 116 Å². The molecule has 2 rings (SSSR count). The van der Waals surface area contributed by atoms with Crippen LogP contribution in [0.25, 0.3) is 11.8 Å². The third kappa shape index (κ3) is 3.12. The Morgan fingerprint density at radius 2 is 2.22 bits per heavy atom. The standard InChI is InChI=1S/C13H13Cl2N3/c1-2-3-10(7-18-9-16-8-17-18)12-5-4-11(14)6-13(12)15/h4-9H,2-3H2,1H3. The van der Waals surface area contributed by atoms with Gasteiger partial charge >= 0.3 is 0 Å². The zero-order valence-electron chi connectivity index (χ0n) is 9.98. The zero-order chi connectivity index (χ0) is 13.0. The molecular formula is C13H13Cl2N3. The zero-order valence-corrected chi connectivity index (χ0v) is 11.5. The third-order valence-corrected chi connectivity index (χ3v) is 3.07. The SMILES string of the molecule is CCCC(=Cn1cncn1)c1ccc(Cl)cc1Cl. The number of nitrogens with zero attached hydrogens (tertiary/aromatic N) is 3. The second kappa shape index (κ2) is 6.03. The van der Waals surface area contributed by atoms with Crippen LogP contribution in [-0.4, -0.2) is 14.8 Å². The van der Waals surface area contributed by atoms with Crippen LogP contribution < -0.4 is 0 Å². The minimum Gasteiger partial charge on any atom is -0.228 e. The summed E-state index contributed by atoms with van der Waals surface area (Å²) in [5, 5.41) is 5.37. The molecule has 0 radical (unpaired) electrons. The first-order valence-corrected chi connectivity index (χ1v) is 6.46. The topological polar surface area (TPSA) is 30.7 Å². The second-order valence-electron chi connectivity index (χ2n) is 3.90. The van der Waals surface area contributed by atoms with Gasteiger partial charge in [-0.2, -0.15) is 5.10 Å². The number of hydrogen-bond donors (Lipinski definition) is 0. The van der Waals surface area contributed by atoms with Crippen molar-refractivity contribution in [2.45, 2.75) is 19.8 Å². The summed E-state index contributed by atoms with van der Waals surface area (Å²) in [5.41, 5.74) is 2.10. The molecule has 0 saturated carbocycles. The fraction of sp³-hybridized carbons (Fsp3) is 0.231. The molecule has 1 aromatic carbocycles. The van der Waals surface area contributed by atoms with Gasteiger partial charge in [-0.15, -0.1) is 0 Å². The van der Waals surface area contributed by atoms with E-state index in [9.17, 15) is 0 Å². The van der Waals surface area contributed by atoms with Crippen molar-refractivity contribution in [2.75, 3.05) is 0 Å². The monoisotopic (exact) mass is 281 g/mol. The Balaban J connectivity index is 2.41. The van der Waals surface area contributed by atoms with E-state index in [1.54, 1.807) is 17.1 Å². The van der Waals surface area contributed by atoms with Gasteiger partial charge in [0.15, 0.2) is 0 Å². The fourth-order valence-corrected chi connectivity index (χ4v) is 2.26. The van der Waals surface area contributed by atoms with E-state index in [-0.39, 0.29) is 0 Å². The molecule has 0 unspecified atom stereocenters. The van der Waals surface area contributed by atoms with Crippen molar-refractivity contribution in [1.82, 2.24) is 14.8 Å². The number of benzene rings is 1. The first-order chi connectivity index (χ1) is 8.70. The maximum atomic E-state index is 6.23. The van der Waals surface area contributed by atoms with E-state index in [2.05, 4.69) is 17.0 Å². The average molecular weight is 282 g/mol. The van der Waals surface area contributed by atoms with Gasteiger partial charge in [-0.05, 0) is 29.7 Å². The van der Waals surface area contributed by atoms with Gasteiger partial charge < -0.3 is 0 Å². The van der Waals surface area contributed by atoms with Crippen molar-refractivity contribution in [2.24, 2.45) is 0 Å². The summed E-state index contributed by atoms with van der Waals surface area (Å²) >= 11 is 12.1. The summed E-state index contributed by atoms with van der Waals surface area (Å²) in [6.07, 6.45) is 7.04. The maximum absolute atomic E-state index is 6.23. The summed E-state index contributed by atoms with van der Waals surface area (Å²) in [5.74, 6) is 0. The van der Waals surface area contributed by atoms with Crippen LogP contribution in [0.3, 0.4) is 0 Å². The minimum absolute atomic E-state index is 0.639. The second-order valence-corrected chi connectivity index (χ2v) is 4.75. The Bertz CT molecular complexity index is 547. The van der Waals surface area contributed by atoms with E-state index in [0.29, 0.717) is 10.0 Å². The first kappa shape index (κ1) is 13.1. The summed E-state index contributed by atoms with van der Waals surface area (Å²) < 4.78 is 1.68. The lowest BCUT2D eigenvalue weighted by Gasteiger charge is -2.09. The van der Waals surface area contributed by atoms with Crippen LogP contribution in [0, 0.1) is 0 Å². The Morgan fingerprint density at radius 1 is 1.39 bits per heavy atom. The third-order valence-electron chi connectivity index (χ3n) is 2.52. The van der Waals surface area contributed by atoms with Crippen molar-refractivity contribution in [3.63, 3.8) is 0 Å². The van der Waals surface area contributed by atoms with Gasteiger partial charge in [-0.25, -0.2) is 9.67 Å². The Morgan fingerprint density at radius 3 is 2.83 bits per heavy atom. The maximum Gasteiger partial charge on any atom is 0.138 e. The molecule has 0 N–H and O–H groups in total. The predicted molar refractivity (Wildman–Crippen MR) is 75.6 cm³/mol. The Kier molecular flexibility index (Phi) is 4.39. The predicted octanol–water partition coefficient (Wildman–Crippen LogP) is 4.38. The summed E-state index contributed by atoms with van der Waals surface area (Å²) in [4.78, 5) is 3.92. The van der Waals surface area contributed by atoms with Crippen LogP contribution in [0.4, 0.5) is 0 Å². The number of aromatic nitrogens is 3. The van der Waals surface area contributed by atoms with Gasteiger partial charge in [0, 0.05) is 16.2 Å². The van der Waals surface area contributed by atoms with Crippen LogP contribution in [0.2, 0.25) is 10.0 Å². The van der Waals surface area contributed by atoms with Crippen molar-refractivity contribution in [3.8, 4) is 0 Å². The van der Waals surface area contributed by atoms with Crippen LogP contribution in [0.15, 0.2) is 30.9 Å². The highest BCUT2D eigenvalue weighted by Crippen LogP contribution is 2.30. The van der Waals surface area contributed by atoms with Crippen molar-refractivity contribution in [3.05, 3.63) is 46.5 Å². The number of allylic oxidation sites excluding steroid dienone is 1. The molecule has 0 fully saturated rings. The van der Waals surface area contributed by atoms with E-state index >= 15 is 0 Å². The molecule has 5 heteroatoms. The van der Waals surface area contributed by atoms with Crippen molar-refractivity contribution < 1.29 is 0 Å². The lowest BCUT2D eigenvalue weighted by atomic mass is 10.0. The number of hydrogen-bond acceptors (Lipinski definition) is 2. The molecule has 0 saturated heterocycles. The van der Waals surface area contributed by atoms with Crippen molar-refractivity contribution in [1.29, 1.82) is 0 Å². The largest absolute Gasteiger partial charge is 0.228 e. The van der Waals surface area contributed by atoms with Crippen molar-refractivity contribution >= 4 is 35.0 Å². The molecule has 0 amide bonds. The van der Waals surface area contributed by atoms with Gasteiger partial charge in [-0.3, -0.25) is 0 Å². The molecule has 1 heterocycles. The summed E-state index contributed by atoms with van der Waals surface area (Å²) in [6, 6.07) is 5.53.